The van der Waals surface area contributed by atoms with Crippen LogP contribution in [0.5, 0.6) is 0 Å². The van der Waals surface area contributed by atoms with Crippen molar-refractivity contribution in [2.24, 2.45) is 0 Å². The molecule has 1 heterocycles. The summed E-state index contributed by atoms with van der Waals surface area (Å²) in [6, 6.07) is 9.43. The van der Waals surface area contributed by atoms with Gasteiger partial charge in [0.25, 0.3) is 0 Å². The Labute approximate surface area is 82.0 Å². The van der Waals surface area contributed by atoms with E-state index in [1.54, 1.807) is 29.2 Å². The molecule has 1 aromatic carbocycles. The molecule has 1 aromatic heterocycles. The highest BCUT2D eigenvalue weighted by Crippen LogP contribution is 2.16. The van der Waals surface area contributed by atoms with Crippen molar-refractivity contribution < 1.29 is 4.39 Å². The fourth-order valence-corrected chi connectivity index (χ4v) is 1.35. The molecule has 3 heteroatoms. The summed E-state index contributed by atoms with van der Waals surface area (Å²) in [5.74, 6) is -0.215. The summed E-state index contributed by atoms with van der Waals surface area (Å²) in [5.41, 5.74) is 1.03. The van der Waals surface area contributed by atoms with E-state index >= 15 is 0 Å². The Bertz CT molecular complexity index is 392. The summed E-state index contributed by atoms with van der Waals surface area (Å²) in [4.78, 5) is 0. The van der Waals surface area contributed by atoms with Gasteiger partial charge in [-0.25, -0.2) is 4.39 Å². The third-order valence-corrected chi connectivity index (χ3v) is 2.22. The second-order valence-corrected chi connectivity index (χ2v) is 3.15. The van der Waals surface area contributed by atoms with Crippen LogP contribution in [0.3, 0.4) is 0 Å². The van der Waals surface area contributed by atoms with Crippen molar-refractivity contribution in [3.63, 3.8) is 0 Å². The first-order chi connectivity index (χ1) is 6.77. The molecule has 0 spiro atoms. The number of nitrogens with zero attached hydrogens (tertiary/aromatic N) is 2. The van der Waals surface area contributed by atoms with E-state index < -0.39 is 0 Å². The molecule has 0 aliphatic carbocycles. The molecule has 0 aliphatic heterocycles. The van der Waals surface area contributed by atoms with E-state index in [2.05, 4.69) is 11.2 Å². The maximum atomic E-state index is 12.7. The zero-order valence-electron chi connectivity index (χ0n) is 7.81. The Kier molecular flexibility index (Phi) is 2.31. The minimum absolute atomic E-state index is 0.113. The van der Waals surface area contributed by atoms with Gasteiger partial charge in [-0.1, -0.05) is 12.1 Å². The van der Waals surface area contributed by atoms with Gasteiger partial charge in [0.05, 0.1) is 12.2 Å². The molecular weight excluding hydrogens is 179 g/mol. The Morgan fingerprint density at radius 2 is 2.07 bits per heavy atom. The monoisotopic (exact) mass is 189 g/mol. The van der Waals surface area contributed by atoms with Crippen LogP contribution in [0, 0.1) is 11.9 Å². The second-order valence-electron chi connectivity index (χ2n) is 3.15. The molecule has 0 N–H and O–H groups in total. The van der Waals surface area contributed by atoms with Crippen molar-refractivity contribution >= 4 is 0 Å². The van der Waals surface area contributed by atoms with Gasteiger partial charge in [-0.15, -0.1) is 0 Å². The standard InChI is InChI=1S/C11H10FN2/c1-9(14-8-2-7-13-14)10-3-5-11(12)6-4-10/h3-9H,1H3. The second kappa shape index (κ2) is 3.62. The smallest absolute Gasteiger partial charge is 0.123 e. The normalized spacial score (nSPS) is 12.7. The first-order valence-electron chi connectivity index (χ1n) is 4.43. The molecule has 2 aromatic rings. The molecule has 2 rings (SSSR count). The SMILES string of the molecule is CC(c1ccc(F)cc1)n1c[c]cn1. The van der Waals surface area contributed by atoms with Gasteiger partial charge in [-0.05, 0) is 24.6 Å². The average Bonchev–Trinajstić information content (AvgIpc) is 2.71. The average molecular weight is 189 g/mol. The lowest BCUT2D eigenvalue weighted by atomic mass is 10.1. The van der Waals surface area contributed by atoms with E-state index in [1.807, 2.05) is 6.92 Å². The minimum Gasteiger partial charge on any atom is -0.265 e. The van der Waals surface area contributed by atoms with Crippen molar-refractivity contribution in [1.82, 2.24) is 9.78 Å². The summed E-state index contributed by atoms with van der Waals surface area (Å²) < 4.78 is 14.4. The van der Waals surface area contributed by atoms with Gasteiger partial charge in [0, 0.05) is 12.3 Å². The highest BCUT2D eigenvalue weighted by atomic mass is 19.1. The summed E-state index contributed by atoms with van der Waals surface area (Å²) in [6.45, 7) is 2.01. The fraction of sp³-hybridized carbons (Fsp3) is 0.182. The number of benzene rings is 1. The van der Waals surface area contributed by atoms with E-state index in [1.165, 1.54) is 12.1 Å². The summed E-state index contributed by atoms with van der Waals surface area (Å²) in [6.07, 6.45) is 3.38. The predicted molar refractivity (Wildman–Crippen MR) is 51.3 cm³/mol. The van der Waals surface area contributed by atoms with Crippen LogP contribution in [0.2, 0.25) is 0 Å². The zero-order valence-corrected chi connectivity index (χ0v) is 7.81. The first-order valence-corrected chi connectivity index (χ1v) is 4.43. The lowest BCUT2D eigenvalue weighted by Crippen LogP contribution is -2.06. The third kappa shape index (κ3) is 1.66. The minimum atomic E-state index is -0.215. The van der Waals surface area contributed by atoms with E-state index in [0.717, 1.165) is 5.56 Å². The molecule has 0 fully saturated rings. The van der Waals surface area contributed by atoms with Crippen molar-refractivity contribution in [2.45, 2.75) is 13.0 Å². The number of aromatic nitrogens is 2. The number of hydrogen-bond donors (Lipinski definition) is 0. The molecule has 0 aliphatic rings. The Morgan fingerprint density at radius 1 is 1.36 bits per heavy atom. The van der Waals surface area contributed by atoms with Crippen LogP contribution in [0.1, 0.15) is 18.5 Å². The van der Waals surface area contributed by atoms with E-state index in [-0.39, 0.29) is 11.9 Å². The van der Waals surface area contributed by atoms with Crippen LogP contribution < -0.4 is 0 Å². The maximum Gasteiger partial charge on any atom is 0.123 e. The van der Waals surface area contributed by atoms with Gasteiger partial charge in [0.1, 0.15) is 5.82 Å². The van der Waals surface area contributed by atoms with Crippen LogP contribution >= 0.6 is 0 Å². The molecule has 0 saturated heterocycles. The summed E-state index contributed by atoms with van der Waals surface area (Å²) in [5, 5.41) is 4.08. The highest BCUT2D eigenvalue weighted by molar-refractivity contribution is 5.19. The first kappa shape index (κ1) is 8.94. The number of hydrogen-bond acceptors (Lipinski definition) is 1. The van der Waals surface area contributed by atoms with E-state index in [9.17, 15) is 4.39 Å². The van der Waals surface area contributed by atoms with Gasteiger partial charge >= 0.3 is 0 Å². The molecule has 0 amide bonds. The van der Waals surface area contributed by atoms with Gasteiger partial charge in [0.2, 0.25) is 0 Å². The molecule has 1 unspecified atom stereocenters. The fourth-order valence-electron chi connectivity index (χ4n) is 1.35. The van der Waals surface area contributed by atoms with Crippen molar-refractivity contribution in [2.75, 3.05) is 0 Å². The molecule has 14 heavy (non-hydrogen) atoms. The summed E-state index contributed by atoms with van der Waals surface area (Å²) >= 11 is 0. The maximum absolute atomic E-state index is 12.7. The summed E-state index contributed by atoms with van der Waals surface area (Å²) in [7, 11) is 0. The van der Waals surface area contributed by atoms with Gasteiger partial charge in [-0.2, -0.15) is 5.10 Å². The van der Waals surface area contributed by atoms with E-state index in [4.69, 9.17) is 0 Å². The van der Waals surface area contributed by atoms with Gasteiger partial charge in [-0.3, -0.25) is 4.68 Å². The van der Waals surface area contributed by atoms with Crippen molar-refractivity contribution in [3.05, 3.63) is 54.1 Å². The quantitative estimate of drug-likeness (QED) is 0.709. The van der Waals surface area contributed by atoms with Crippen LogP contribution in [0.15, 0.2) is 36.7 Å². The molecule has 1 atom stereocenters. The molecule has 0 bridgehead atoms. The molecular formula is C11H10FN2. The van der Waals surface area contributed by atoms with Crippen LogP contribution in [0.4, 0.5) is 4.39 Å². The number of rotatable bonds is 2. The molecule has 1 radical (unpaired) electrons. The van der Waals surface area contributed by atoms with Crippen LogP contribution in [-0.2, 0) is 0 Å². The molecule has 0 saturated carbocycles. The number of halogens is 1. The topological polar surface area (TPSA) is 17.8 Å². The Morgan fingerprint density at radius 3 is 2.64 bits per heavy atom. The Balaban J connectivity index is 2.28. The van der Waals surface area contributed by atoms with Gasteiger partial charge < -0.3 is 0 Å². The predicted octanol–water partition coefficient (Wildman–Crippen LogP) is 2.43. The molecule has 71 valence electrons. The van der Waals surface area contributed by atoms with Crippen molar-refractivity contribution in [1.29, 1.82) is 0 Å². The Hall–Kier alpha value is -1.64. The van der Waals surface area contributed by atoms with Crippen LogP contribution in [-0.4, -0.2) is 9.78 Å². The third-order valence-electron chi connectivity index (χ3n) is 2.22. The molecule has 2 nitrogen and oxygen atoms in total. The van der Waals surface area contributed by atoms with Gasteiger partial charge in [0.15, 0.2) is 0 Å². The van der Waals surface area contributed by atoms with Crippen LogP contribution in [0.25, 0.3) is 0 Å². The highest BCUT2D eigenvalue weighted by Gasteiger charge is 2.06. The largest absolute Gasteiger partial charge is 0.265 e. The lowest BCUT2D eigenvalue weighted by molar-refractivity contribution is 0.561. The van der Waals surface area contributed by atoms with Crippen molar-refractivity contribution in [3.8, 4) is 0 Å². The lowest BCUT2D eigenvalue weighted by Gasteiger charge is -2.11. The zero-order chi connectivity index (χ0) is 9.97. The van der Waals surface area contributed by atoms with E-state index in [0.29, 0.717) is 0 Å².